The maximum atomic E-state index is 13.3. The molecule has 0 saturated carbocycles. The van der Waals surface area contributed by atoms with Crippen molar-refractivity contribution in [2.45, 2.75) is 0 Å². The first-order chi connectivity index (χ1) is 13.5. The number of halogens is 2. The van der Waals surface area contributed by atoms with E-state index < -0.39 is 17.2 Å². The number of anilines is 1. The Bertz CT molecular complexity index is 1120. The molecule has 1 saturated heterocycles. The van der Waals surface area contributed by atoms with Crippen LogP contribution >= 0.6 is 11.6 Å². The number of aromatic carboxylic acids is 1. The van der Waals surface area contributed by atoms with E-state index in [1.54, 1.807) is 16.7 Å². The smallest absolute Gasteiger partial charge is 0.341 e. The van der Waals surface area contributed by atoms with E-state index in [0.29, 0.717) is 21.9 Å². The molecule has 2 N–H and O–H groups in total. The van der Waals surface area contributed by atoms with Gasteiger partial charge in [0.25, 0.3) is 0 Å². The number of nitrogens with one attached hydrogen (secondary N) is 1. The largest absolute Gasteiger partial charge is 0.477 e. The number of carbonyl (C=O) groups is 1. The van der Waals surface area contributed by atoms with Gasteiger partial charge in [0.15, 0.2) is 0 Å². The first kappa shape index (κ1) is 18.5. The molecule has 0 unspecified atom stereocenters. The number of fused-ring (bicyclic) bond motifs is 1. The molecule has 28 heavy (non-hydrogen) atoms. The first-order valence-corrected chi connectivity index (χ1v) is 9.17. The van der Waals surface area contributed by atoms with Crippen LogP contribution in [0.5, 0.6) is 0 Å². The van der Waals surface area contributed by atoms with E-state index in [1.807, 2.05) is 0 Å². The molecule has 2 heterocycles. The number of pyridine rings is 1. The fourth-order valence-electron chi connectivity index (χ4n) is 3.45. The van der Waals surface area contributed by atoms with Gasteiger partial charge in [0.2, 0.25) is 5.43 Å². The van der Waals surface area contributed by atoms with Crippen LogP contribution in [0.3, 0.4) is 0 Å². The van der Waals surface area contributed by atoms with E-state index in [4.69, 9.17) is 11.6 Å². The second-order valence-corrected chi connectivity index (χ2v) is 6.99. The van der Waals surface area contributed by atoms with E-state index >= 15 is 0 Å². The van der Waals surface area contributed by atoms with Gasteiger partial charge in [-0.05, 0) is 36.4 Å². The summed E-state index contributed by atoms with van der Waals surface area (Å²) in [6, 6.07) is 8.89. The molecule has 1 aliphatic heterocycles. The van der Waals surface area contributed by atoms with Crippen molar-refractivity contribution >= 4 is 34.2 Å². The third kappa shape index (κ3) is 3.23. The number of hydrogen-bond donors (Lipinski definition) is 2. The molecule has 1 fully saturated rings. The fourth-order valence-corrected chi connectivity index (χ4v) is 3.73. The minimum Gasteiger partial charge on any atom is -0.477 e. The second kappa shape index (κ2) is 7.26. The highest BCUT2D eigenvalue weighted by Crippen LogP contribution is 2.31. The average Bonchev–Trinajstić information content (AvgIpc) is 2.69. The number of carboxylic acids is 1. The molecule has 6 nitrogen and oxygen atoms in total. The van der Waals surface area contributed by atoms with Gasteiger partial charge >= 0.3 is 5.97 Å². The van der Waals surface area contributed by atoms with E-state index in [1.165, 1.54) is 30.5 Å². The number of nitrogens with zero attached hydrogens (tertiary/aromatic N) is 2. The van der Waals surface area contributed by atoms with Crippen LogP contribution in [0.1, 0.15) is 10.4 Å². The van der Waals surface area contributed by atoms with Gasteiger partial charge in [-0.15, -0.1) is 0 Å². The Morgan fingerprint density at radius 2 is 1.82 bits per heavy atom. The first-order valence-electron chi connectivity index (χ1n) is 8.79. The van der Waals surface area contributed by atoms with Crippen LogP contribution < -0.4 is 15.6 Å². The molecule has 2 aromatic carbocycles. The molecule has 1 aromatic heterocycles. The lowest BCUT2D eigenvalue weighted by Crippen LogP contribution is -2.43. The van der Waals surface area contributed by atoms with Gasteiger partial charge in [0.05, 0.1) is 16.2 Å². The molecule has 1 aliphatic rings. The summed E-state index contributed by atoms with van der Waals surface area (Å²) in [5.74, 6) is -1.73. The predicted octanol–water partition coefficient (Wildman–Crippen LogP) is 2.89. The van der Waals surface area contributed by atoms with Crippen molar-refractivity contribution in [2.24, 2.45) is 0 Å². The van der Waals surface area contributed by atoms with E-state index in [-0.39, 0.29) is 10.9 Å². The summed E-state index contributed by atoms with van der Waals surface area (Å²) in [5, 5.41) is 13.5. The van der Waals surface area contributed by atoms with Gasteiger partial charge in [-0.2, -0.15) is 0 Å². The summed E-state index contributed by atoms with van der Waals surface area (Å²) in [7, 11) is 0. The monoisotopic (exact) mass is 401 g/mol. The fraction of sp³-hybridized carbons (Fsp3) is 0.200. The predicted molar refractivity (Wildman–Crippen MR) is 107 cm³/mol. The van der Waals surface area contributed by atoms with E-state index in [0.717, 1.165) is 26.2 Å². The van der Waals surface area contributed by atoms with E-state index in [9.17, 15) is 19.1 Å². The van der Waals surface area contributed by atoms with E-state index in [2.05, 4.69) is 10.2 Å². The lowest BCUT2D eigenvalue weighted by atomic mass is 10.1. The molecule has 144 valence electrons. The van der Waals surface area contributed by atoms with Gasteiger partial charge in [-0.1, -0.05) is 11.6 Å². The van der Waals surface area contributed by atoms with Crippen LogP contribution in [0.25, 0.3) is 16.6 Å². The van der Waals surface area contributed by atoms with Gasteiger partial charge in [0.1, 0.15) is 11.4 Å². The zero-order valence-corrected chi connectivity index (χ0v) is 15.5. The maximum Gasteiger partial charge on any atom is 0.341 e. The molecule has 0 spiro atoms. The molecular weight excluding hydrogens is 385 g/mol. The summed E-state index contributed by atoms with van der Waals surface area (Å²) in [6.07, 6.45) is 1.25. The summed E-state index contributed by atoms with van der Waals surface area (Å²) in [6.45, 7) is 3.05. The van der Waals surface area contributed by atoms with Crippen molar-refractivity contribution in [1.82, 2.24) is 9.88 Å². The Balaban J connectivity index is 2.00. The normalized spacial score (nSPS) is 14.4. The van der Waals surface area contributed by atoms with Crippen molar-refractivity contribution in [3.8, 4) is 5.69 Å². The van der Waals surface area contributed by atoms with Crippen LogP contribution in [0.4, 0.5) is 10.1 Å². The number of rotatable bonds is 3. The second-order valence-electron chi connectivity index (χ2n) is 6.58. The molecule has 0 bridgehead atoms. The van der Waals surface area contributed by atoms with Crippen LogP contribution in [-0.4, -0.2) is 41.8 Å². The summed E-state index contributed by atoms with van der Waals surface area (Å²) < 4.78 is 14.9. The number of hydrogen-bond acceptors (Lipinski definition) is 4. The van der Waals surface area contributed by atoms with Crippen LogP contribution in [0, 0.1) is 5.82 Å². The standard InChI is InChI=1S/C20H17ClFN3O3/c21-16-10-17-14(9-18(16)24-7-5-23-6-8-24)19(26)15(20(27)28)11-25(17)13-3-1-12(22)2-4-13/h1-4,9-11,23H,5-8H2,(H,27,28). The highest BCUT2D eigenvalue weighted by molar-refractivity contribution is 6.34. The van der Waals surface area contributed by atoms with Crippen molar-refractivity contribution in [2.75, 3.05) is 31.1 Å². The van der Waals surface area contributed by atoms with Gasteiger partial charge in [0, 0.05) is 43.4 Å². The SMILES string of the molecule is O=C(O)c1cn(-c2ccc(F)cc2)c2cc(Cl)c(N3CCNCC3)cc2c1=O. The number of carboxylic acid groups (broad SMARTS) is 1. The van der Waals surface area contributed by atoms with Crippen molar-refractivity contribution in [3.63, 3.8) is 0 Å². The molecular formula is C20H17ClFN3O3. The Morgan fingerprint density at radius 3 is 2.46 bits per heavy atom. The Hall–Kier alpha value is -2.90. The number of aromatic nitrogens is 1. The lowest BCUT2D eigenvalue weighted by Gasteiger charge is -2.30. The van der Waals surface area contributed by atoms with Gasteiger partial charge < -0.3 is 19.9 Å². The summed E-state index contributed by atoms with van der Waals surface area (Å²) in [5.41, 5.74) is 0.755. The maximum absolute atomic E-state index is 13.3. The zero-order valence-electron chi connectivity index (χ0n) is 14.8. The Kier molecular flexibility index (Phi) is 4.78. The molecule has 0 radical (unpaired) electrons. The Morgan fingerprint density at radius 1 is 1.14 bits per heavy atom. The molecule has 3 aromatic rings. The van der Waals surface area contributed by atoms with Crippen LogP contribution in [-0.2, 0) is 0 Å². The molecule has 0 aliphatic carbocycles. The lowest BCUT2D eigenvalue weighted by molar-refractivity contribution is 0.0695. The van der Waals surface area contributed by atoms with Crippen molar-refractivity contribution in [3.05, 3.63) is 69.2 Å². The van der Waals surface area contributed by atoms with Gasteiger partial charge in [-0.3, -0.25) is 4.79 Å². The van der Waals surface area contributed by atoms with Crippen LogP contribution in [0.15, 0.2) is 47.4 Å². The third-order valence-electron chi connectivity index (χ3n) is 4.87. The molecule has 4 rings (SSSR count). The molecule has 8 heteroatoms. The van der Waals surface area contributed by atoms with Crippen molar-refractivity contribution in [1.29, 1.82) is 0 Å². The highest BCUT2D eigenvalue weighted by atomic mass is 35.5. The molecule has 0 amide bonds. The minimum absolute atomic E-state index is 0.252. The summed E-state index contributed by atoms with van der Waals surface area (Å²) in [4.78, 5) is 26.5. The molecule has 0 atom stereocenters. The topological polar surface area (TPSA) is 74.6 Å². The Labute approximate surface area is 164 Å². The highest BCUT2D eigenvalue weighted by Gasteiger charge is 2.20. The average molecular weight is 402 g/mol. The third-order valence-corrected chi connectivity index (χ3v) is 5.17. The van der Waals surface area contributed by atoms with Gasteiger partial charge in [-0.25, -0.2) is 9.18 Å². The van der Waals surface area contributed by atoms with Crippen LogP contribution in [0.2, 0.25) is 5.02 Å². The van der Waals surface area contributed by atoms with Crippen molar-refractivity contribution < 1.29 is 14.3 Å². The number of benzene rings is 2. The number of piperazine rings is 1. The zero-order chi connectivity index (χ0) is 19.8. The minimum atomic E-state index is -1.32. The quantitative estimate of drug-likeness (QED) is 0.706. The summed E-state index contributed by atoms with van der Waals surface area (Å²) >= 11 is 6.52.